The van der Waals surface area contributed by atoms with Gasteiger partial charge in [-0.1, -0.05) is 23.7 Å². The fourth-order valence-electron chi connectivity index (χ4n) is 4.16. The van der Waals surface area contributed by atoms with Crippen LogP contribution >= 0.6 is 11.6 Å². The molecule has 0 saturated carbocycles. The number of pyridine rings is 1. The Hall–Kier alpha value is -2.95. The van der Waals surface area contributed by atoms with Crippen LogP contribution in [0.25, 0.3) is 11.1 Å². The lowest BCUT2D eigenvalue weighted by Gasteiger charge is -2.17. The number of hydrogen-bond acceptors (Lipinski definition) is 5. The summed E-state index contributed by atoms with van der Waals surface area (Å²) in [5.41, 5.74) is 4.32. The average molecular weight is 473 g/mol. The van der Waals surface area contributed by atoms with Gasteiger partial charge < -0.3 is 10.1 Å². The molecule has 166 valence electrons. The predicted octanol–water partition coefficient (Wildman–Crippen LogP) is 3.80. The van der Waals surface area contributed by atoms with Gasteiger partial charge in [-0.15, -0.1) is 4.36 Å². The molecule has 1 aliphatic heterocycles. The largest absolute Gasteiger partial charge is 0.477 e. The fourth-order valence-corrected chi connectivity index (χ4v) is 5.33. The van der Waals surface area contributed by atoms with E-state index >= 15 is 0 Å². The van der Waals surface area contributed by atoms with Gasteiger partial charge in [-0.2, -0.15) is 5.10 Å². The van der Waals surface area contributed by atoms with Gasteiger partial charge in [0.25, 0.3) is 0 Å². The molecule has 3 N–H and O–H groups in total. The zero-order chi connectivity index (χ0) is 22.3. The van der Waals surface area contributed by atoms with Crippen molar-refractivity contribution in [3.8, 4) is 17.0 Å². The molecule has 32 heavy (non-hydrogen) atoms. The lowest BCUT2D eigenvalue weighted by atomic mass is 9.98. The minimum atomic E-state index is -3.55. The maximum atomic E-state index is 13.1. The average Bonchev–Trinajstić information content (AvgIpc) is 3.41. The van der Waals surface area contributed by atoms with Crippen LogP contribution in [0, 0.1) is 0 Å². The highest BCUT2D eigenvalue weighted by Crippen LogP contribution is 2.38. The first kappa shape index (κ1) is 20.9. The second-order valence-corrected chi connectivity index (χ2v) is 9.90. The smallest absolute Gasteiger partial charge is 0.354 e. The lowest BCUT2D eigenvalue weighted by molar-refractivity contribution is 0.224. The number of urea groups is 1. The maximum absolute atomic E-state index is 13.1. The van der Waals surface area contributed by atoms with E-state index in [0.717, 1.165) is 47.9 Å². The summed E-state index contributed by atoms with van der Waals surface area (Å²) in [6, 6.07) is 4.95. The summed E-state index contributed by atoms with van der Waals surface area (Å²) < 4.78 is 24.1. The van der Waals surface area contributed by atoms with Crippen molar-refractivity contribution in [2.24, 2.45) is 9.50 Å². The number of fused-ring (bicyclic) bond motifs is 2. The Bertz CT molecular complexity index is 1350. The highest BCUT2D eigenvalue weighted by atomic mass is 35.5. The molecule has 0 bridgehead atoms. The Morgan fingerprint density at radius 1 is 1.25 bits per heavy atom. The molecule has 2 amide bonds. The molecule has 1 atom stereocenters. The Labute approximate surface area is 190 Å². The lowest BCUT2D eigenvalue weighted by Crippen LogP contribution is -2.21. The molecule has 2 aromatic heterocycles. The number of benzene rings is 1. The minimum absolute atomic E-state index is 0.116. The summed E-state index contributed by atoms with van der Waals surface area (Å²) in [5.74, 6) is 0.298. The van der Waals surface area contributed by atoms with Gasteiger partial charge in [0.2, 0.25) is 5.88 Å². The van der Waals surface area contributed by atoms with Gasteiger partial charge in [-0.05, 0) is 36.5 Å². The first-order valence-corrected chi connectivity index (χ1v) is 12.2. The van der Waals surface area contributed by atoms with E-state index in [4.69, 9.17) is 21.5 Å². The molecule has 2 aliphatic rings. The topological polar surface area (TPSA) is 124 Å². The van der Waals surface area contributed by atoms with E-state index in [0.29, 0.717) is 29.7 Å². The third-order valence-electron chi connectivity index (χ3n) is 5.58. The molecule has 0 spiro atoms. The fraction of sp³-hybridized carbons (Fsp3) is 0.286. The molecule has 3 heterocycles. The number of halogens is 1. The van der Waals surface area contributed by atoms with E-state index in [9.17, 15) is 9.00 Å². The minimum Gasteiger partial charge on any atom is -0.477 e. The van der Waals surface area contributed by atoms with Crippen molar-refractivity contribution in [3.63, 3.8) is 0 Å². The number of hydrogen-bond donors (Lipinski definition) is 2. The van der Waals surface area contributed by atoms with Crippen molar-refractivity contribution in [1.29, 1.82) is 0 Å². The van der Waals surface area contributed by atoms with Crippen molar-refractivity contribution >= 4 is 33.2 Å². The number of nitrogens with zero attached hydrogens (tertiary/aromatic N) is 4. The zero-order valence-corrected chi connectivity index (χ0v) is 18.7. The van der Waals surface area contributed by atoms with E-state index in [-0.39, 0.29) is 4.90 Å². The Morgan fingerprint density at radius 2 is 2.12 bits per heavy atom. The van der Waals surface area contributed by atoms with Crippen LogP contribution in [0.4, 0.5) is 10.5 Å². The summed E-state index contributed by atoms with van der Waals surface area (Å²) in [6.07, 6.45) is 8.09. The third kappa shape index (κ3) is 3.85. The van der Waals surface area contributed by atoms with Crippen LogP contribution < -0.4 is 15.2 Å². The Morgan fingerprint density at radius 3 is 2.97 bits per heavy atom. The molecular formula is C21H21ClN6O3S. The molecule has 0 radical (unpaired) electrons. The van der Waals surface area contributed by atoms with Gasteiger partial charge >= 0.3 is 6.03 Å². The number of aromatic nitrogens is 3. The van der Waals surface area contributed by atoms with Crippen molar-refractivity contribution in [1.82, 2.24) is 14.8 Å². The molecule has 0 fully saturated rings. The second kappa shape index (κ2) is 8.19. The Balaban J connectivity index is 1.53. The quantitative estimate of drug-likeness (QED) is 0.599. The predicted molar refractivity (Wildman–Crippen MR) is 121 cm³/mol. The number of carbonyl (C=O) groups excluding carboxylic acids is 1. The summed E-state index contributed by atoms with van der Waals surface area (Å²) in [6.45, 7) is 1.10. The van der Waals surface area contributed by atoms with Crippen LogP contribution in [-0.2, 0) is 29.3 Å². The van der Waals surface area contributed by atoms with Crippen LogP contribution in [-0.4, -0.2) is 31.6 Å². The highest BCUT2D eigenvalue weighted by Gasteiger charge is 2.25. The molecule has 1 unspecified atom stereocenters. The van der Waals surface area contributed by atoms with Crippen molar-refractivity contribution in [2.75, 3.05) is 11.9 Å². The van der Waals surface area contributed by atoms with Gasteiger partial charge in [0.1, 0.15) is 4.90 Å². The van der Waals surface area contributed by atoms with Crippen molar-refractivity contribution in [3.05, 3.63) is 52.9 Å². The SMILES string of the molecule is NS(=O)(=NC(=O)Nc1c(-c2cncc(Cl)c2)ccc2c1CCC2)c1cnn2c1OCCC2. The van der Waals surface area contributed by atoms with Crippen molar-refractivity contribution < 1.29 is 13.7 Å². The maximum Gasteiger partial charge on any atom is 0.354 e. The summed E-state index contributed by atoms with van der Waals surface area (Å²) >= 11 is 6.13. The number of anilines is 1. The van der Waals surface area contributed by atoms with E-state index in [2.05, 4.69) is 19.8 Å². The summed E-state index contributed by atoms with van der Waals surface area (Å²) in [4.78, 5) is 17.2. The monoisotopic (exact) mass is 472 g/mol. The molecule has 3 aromatic rings. The van der Waals surface area contributed by atoms with Crippen molar-refractivity contribution in [2.45, 2.75) is 37.1 Å². The van der Waals surface area contributed by atoms with Crippen LogP contribution in [0.5, 0.6) is 5.88 Å². The van der Waals surface area contributed by atoms with Crippen LogP contribution in [0.15, 0.2) is 46.0 Å². The van der Waals surface area contributed by atoms with Gasteiger partial charge in [0, 0.05) is 36.5 Å². The third-order valence-corrected chi connectivity index (χ3v) is 7.13. The first-order chi connectivity index (χ1) is 15.4. The van der Waals surface area contributed by atoms with Gasteiger partial charge in [-0.3, -0.25) is 4.98 Å². The number of rotatable bonds is 3. The normalized spacial score (nSPS) is 16.4. The molecule has 1 aromatic carbocycles. The molecule has 9 nitrogen and oxygen atoms in total. The molecule has 5 rings (SSSR count). The van der Waals surface area contributed by atoms with E-state index in [1.807, 2.05) is 12.1 Å². The summed E-state index contributed by atoms with van der Waals surface area (Å²) in [7, 11) is -3.55. The van der Waals surface area contributed by atoms with Crippen LogP contribution in [0.3, 0.4) is 0 Å². The number of carbonyl (C=O) groups is 1. The zero-order valence-electron chi connectivity index (χ0n) is 17.1. The number of nitrogens with two attached hydrogens (primary N) is 1. The molecule has 1 aliphatic carbocycles. The Kier molecular flexibility index (Phi) is 5.36. The van der Waals surface area contributed by atoms with E-state index in [1.54, 1.807) is 23.1 Å². The van der Waals surface area contributed by atoms with Crippen LogP contribution in [0.1, 0.15) is 24.0 Å². The number of ether oxygens (including phenoxy) is 1. The first-order valence-electron chi connectivity index (χ1n) is 10.2. The van der Waals surface area contributed by atoms with E-state index < -0.39 is 15.9 Å². The molecule has 11 heteroatoms. The van der Waals surface area contributed by atoms with Crippen LogP contribution in [0.2, 0.25) is 5.02 Å². The number of amides is 2. The molecule has 0 saturated heterocycles. The number of aryl methyl sites for hydroxylation is 2. The van der Waals surface area contributed by atoms with Gasteiger partial charge in [-0.25, -0.2) is 18.8 Å². The molecular weight excluding hydrogens is 452 g/mol. The standard InChI is InChI=1S/C21H21ClN6O3S/c22-15-9-14(10-24-11-15)17-6-5-13-3-1-4-16(13)19(17)26-21(29)27-32(23,30)18-12-25-28-7-2-8-31-20(18)28/h5-6,9-12H,1-4,7-8H2,(H3,23,26,27,29,30). The number of nitrogens with one attached hydrogen (secondary N) is 1. The second-order valence-electron chi connectivity index (χ2n) is 7.70. The summed E-state index contributed by atoms with van der Waals surface area (Å²) in [5, 5.41) is 13.4. The van der Waals surface area contributed by atoms with Gasteiger partial charge in [0.05, 0.1) is 23.5 Å². The van der Waals surface area contributed by atoms with Gasteiger partial charge in [0.15, 0.2) is 9.92 Å². The van der Waals surface area contributed by atoms with E-state index in [1.165, 1.54) is 6.20 Å². The highest BCUT2D eigenvalue weighted by molar-refractivity contribution is 7.91.